The molecule has 0 aliphatic heterocycles. The topological polar surface area (TPSA) is 96.0 Å². The Kier molecular flexibility index (Phi) is 5.13. The molecule has 0 spiro atoms. The quantitative estimate of drug-likeness (QED) is 0.561. The van der Waals surface area contributed by atoms with Crippen LogP contribution in [-0.2, 0) is 23.1 Å². The van der Waals surface area contributed by atoms with Crippen molar-refractivity contribution in [3.63, 3.8) is 0 Å². The summed E-state index contributed by atoms with van der Waals surface area (Å²) in [7, 11) is 0. The first-order valence-corrected chi connectivity index (χ1v) is 10.9. The van der Waals surface area contributed by atoms with Gasteiger partial charge in [-0.15, -0.1) is 11.3 Å². The molecule has 0 bridgehead atoms. The zero-order valence-electron chi connectivity index (χ0n) is 16.4. The maximum atomic E-state index is 13.5. The van der Waals surface area contributed by atoms with Gasteiger partial charge in [-0.2, -0.15) is 5.26 Å². The monoisotopic (exact) mass is 409 g/mol. The number of amides is 1. The first-order chi connectivity index (χ1) is 13.9. The SMILES string of the molecule is CC1CCc2c(sc(NC(=O)C3(c4ccc([N+](=O)[O-])cc4)CCCC3)c2C#N)C1. The summed E-state index contributed by atoms with van der Waals surface area (Å²) in [6.07, 6.45) is 6.21. The molecule has 1 N–H and O–H groups in total. The number of nitriles is 1. The van der Waals surface area contributed by atoms with Crippen molar-refractivity contribution < 1.29 is 9.72 Å². The van der Waals surface area contributed by atoms with E-state index >= 15 is 0 Å². The Labute approximate surface area is 173 Å². The Balaban J connectivity index is 1.66. The molecule has 1 unspecified atom stereocenters. The fourth-order valence-electron chi connectivity index (χ4n) is 4.71. The van der Waals surface area contributed by atoms with Crippen molar-refractivity contribution >= 4 is 27.9 Å². The molecule has 1 aromatic carbocycles. The lowest BCUT2D eigenvalue weighted by molar-refractivity contribution is -0.384. The minimum Gasteiger partial charge on any atom is -0.316 e. The predicted molar refractivity (Wildman–Crippen MR) is 112 cm³/mol. The van der Waals surface area contributed by atoms with Crippen molar-refractivity contribution in [2.45, 2.75) is 57.3 Å². The first kappa shape index (κ1) is 19.6. The zero-order chi connectivity index (χ0) is 20.6. The number of carbonyl (C=O) groups excluding carboxylic acids is 1. The van der Waals surface area contributed by atoms with Crippen LogP contribution in [0, 0.1) is 27.4 Å². The summed E-state index contributed by atoms with van der Waals surface area (Å²) < 4.78 is 0. The van der Waals surface area contributed by atoms with Gasteiger partial charge in [0.25, 0.3) is 5.69 Å². The third-order valence-corrected chi connectivity index (χ3v) is 7.54. The maximum absolute atomic E-state index is 13.5. The summed E-state index contributed by atoms with van der Waals surface area (Å²) in [5, 5.41) is 24.4. The molecule has 0 radical (unpaired) electrons. The van der Waals surface area contributed by atoms with Crippen LogP contribution in [0.1, 0.15) is 60.6 Å². The van der Waals surface area contributed by atoms with Gasteiger partial charge in [0, 0.05) is 17.0 Å². The van der Waals surface area contributed by atoms with Crippen molar-refractivity contribution in [3.8, 4) is 6.07 Å². The number of non-ortho nitro benzene ring substituents is 1. The standard InChI is InChI=1S/C22H23N3O3S/c1-14-4-9-17-18(13-23)20(29-19(17)12-14)24-21(26)22(10-2-3-11-22)15-5-7-16(8-6-15)25(27)28/h5-8,14H,2-4,9-12H2,1H3,(H,24,26). The minimum atomic E-state index is -0.695. The number of nitrogens with zero attached hydrogens (tertiary/aromatic N) is 2. The van der Waals surface area contributed by atoms with E-state index in [1.165, 1.54) is 28.3 Å². The summed E-state index contributed by atoms with van der Waals surface area (Å²) in [5.41, 5.74) is 1.85. The highest BCUT2D eigenvalue weighted by Gasteiger charge is 2.43. The van der Waals surface area contributed by atoms with E-state index in [9.17, 15) is 20.2 Å². The highest BCUT2D eigenvalue weighted by atomic mass is 32.1. The molecule has 0 saturated heterocycles. The van der Waals surface area contributed by atoms with E-state index in [1.54, 1.807) is 12.1 Å². The Morgan fingerprint density at radius 1 is 1.31 bits per heavy atom. The van der Waals surface area contributed by atoms with E-state index in [-0.39, 0.29) is 11.6 Å². The first-order valence-electron chi connectivity index (χ1n) is 10.1. The Bertz CT molecular complexity index is 998. The lowest BCUT2D eigenvalue weighted by Gasteiger charge is -2.28. The number of rotatable bonds is 4. The maximum Gasteiger partial charge on any atom is 0.269 e. The van der Waals surface area contributed by atoms with E-state index in [2.05, 4.69) is 18.3 Å². The molecule has 2 aliphatic rings. The largest absolute Gasteiger partial charge is 0.316 e. The molecular formula is C22H23N3O3S. The number of fused-ring (bicyclic) bond motifs is 1. The number of nitro groups is 1. The molecule has 150 valence electrons. The average molecular weight is 410 g/mol. The summed E-state index contributed by atoms with van der Waals surface area (Å²) >= 11 is 1.53. The van der Waals surface area contributed by atoms with Gasteiger partial charge in [-0.05, 0) is 49.1 Å². The van der Waals surface area contributed by atoms with Crippen LogP contribution in [0.3, 0.4) is 0 Å². The second-order valence-corrected chi connectivity index (χ2v) is 9.32. The van der Waals surface area contributed by atoms with Gasteiger partial charge in [0.1, 0.15) is 11.1 Å². The zero-order valence-corrected chi connectivity index (χ0v) is 17.2. The molecule has 1 aromatic heterocycles. The summed E-state index contributed by atoms with van der Waals surface area (Å²) in [6, 6.07) is 8.65. The van der Waals surface area contributed by atoms with Crippen LogP contribution >= 0.6 is 11.3 Å². The molecule has 4 rings (SSSR count). The average Bonchev–Trinajstić information content (AvgIpc) is 3.33. The summed E-state index contributed by atoms with van der Waals surface area (Å²) in [6.45, 7) is 2.22. The summed E-state index contributed by atoms with van der Waals surface area (Å²) in [5.74, 6) is 0.490. The molecule has 1 atom stereocenters. The lowest BCUT2D eigenvalue weighted by atomic mass is 9.78. The Hall–Kier alpha value is -2.72. The summed E-state index contributed by atoms with van der Waals surface area (Å²) in [4.78, 5) is 25.2. The number of nitrogens with one attached hydrogen (secondary N) is 1. The number of hydrogen-bond donors (Lipinski definition) is 1. The molecule has 6 nitrogen and oxygen atoms in total. The van der Waals surface area contributed by atoms with Crippen molar-refractivity contribution in [2.75, 3.05) is 5.32 Å². The third-order valence-electron chi connectivity index (χ3n) is 6.37. The minimum absolute atomic E-state index is 0.0223. The lowest BCUT2D eigenvalue weighted by Crippen LogP contribution is -2.37. The van der Waals surface area contributed by atoms with Crippen LogP contribution in [0.5, 0.6) is 0 Å². The predicted octanol–water partition coefficient (Wildman–Crippen LogP) is 5.10. The number of carbonyl (C=O) groups is 1. The molecule has 2 aromatic rings. The van der Waals surface area contributed by atoms with Gasteiger partial charge in [0.15, 0.2) is 0 Å². The number of hydrogen-bond acceptors (Lipinski definition) is 5. The van der Waals surface area contributed by atoms with E-state index in [0.717, 1.165) is 43.2 Å². The molecule has 1 fully saturated rings. The van der Waals surface area contributed by atoms with Crippen molar-refractivity contribution in [1.82, 2.24) is 0 Å². The van der Waals surface area contributed by atoms with Gasteiger partial charge in [-0.3, -0.25) is 14.9 Å². The number of benzene rings is 1. The molecule has 1 amide bonds. The normalized spacial score (nSPS) is 19.9. The van der Waals surface area contributed by atoms with Crippen molar-refractivity contribution in [3.05, 3.63) is 55.9 Å². The van der Waals surface area contributed by atoms with Crippen LogP contribution in [0.4, 0.5) is 10.7 Å². The number of anilines is 1. The van der Waals surface area contributed by atoms with E-state index in [0.29, 0.717) is 29.3 Å². The van der Waals surface area contributed by atoms with Crippen LogP contribution in [-0.4, -0.2) is 10.8 Å². The molecule has 1 saturated carbocycles. The number of thiophene rings is 1. The van der Waals surface area contributed by atoms with E-state index < -0.39 is 10.3 Å². The molecule has 2 aliphatic carbocycles. The molecule has 29 heavy (non-hydrogen) atoms. The van der Waals surface area contributed by atoms with Crippen LogP contribution in [0.15, 0.2) is 24.3 Å². The fourth-order valence-corrected chi connectivity index (χ4v) is 6.06. The van der Waals surface area contributed by atoms with Gasteiger partial charge >= 0.3 is 0 Å². The third kappa shape index (κ3) is 3.42. The highest BCUT2D eigenvalue weighted by Crippen LogP contribution is 2.44. The Morgan fingerprint density at radius 2 is 2.00 bits per heavy atom. The fraction of sp³-hybridized carbons (Fsp3) is 0.455. The number of nitro benzene ring substituents is 1. The molecular weight excluding hydrogens is 386 g/mol. The smallest absolute Gasteiger partial charge is 0.269 e. The van der Waals surface area contributed by atoms with E-state index in [1.807, 2.05) is 0 Å². The van der Waals surface area contributed by atoms with Crippen LogP contribution in [0.25, 0.3) is 0 Å². The molecule has 7 heteroatoms. The van der Waals surface area contributed by atoms with Crippen LogP contribution < -0.4 is 5.32 Å². The van der Waals surface area contributed by atoms with Gasteiger partial charge in [-0.1, -0.05) is 31.9 Å². The van der Waals surface area contributed by atoms with Gasteiger partial charge in [0.05, 0.1) is 15.9 Å². The van der Waals surface area contributed by atoms with E-state index in [4.69, 9.17) is 0 Å². The van der Waals surface area contributed by atoms with Crippen molar-refractivity contribution in [1.29, 1.82) is 5.26 Å². The van der Waals surface area contributed by atoms with Gasteiger partial charge < -0.3 is 5.32 Å². The second-order valence-electron chi connectivity index (χ2n) is 8.22. The highest BCUT2D eigenvalue weighted by molar-refractivity contribution is 7.16. The van der Waals surface area contributed by atoms with Gasteiger partial charge in [-0.25, -0.2) is 0 Å². The van der Waals surface area contributed by atoms with Crippen LogP contribution in [0.2, 0.25) is 0 Å². The van der Waals surface area contributed by atoms with Gasteiger partial charge in [0.2, 0.25) is 5.91 Å². The second kappa shape index (κ2) is 7.60. The Morgan fingerprint density at radius 3 is 2.62 bits per heavy atom. The van der Waals surface area contributed by atoms with Crippen molar-refractivity contribution in [2.24, 2.45) is 5.92 Å². The molecule has 1 heterocycles.